The van der Waals surface area contributed by atoms with E-state index in [1.807, 2.05) is 35.2 Å². The zero-order valence-electron chi connectivity index (χ0n) is 12.9. The lowest BCUT2D eigenvalue weighted by Gasteiger charge is -2.34. The maximum absolute atomic E-state index is 11.4. The third kappa shape index (κ3) is 3.98. The summed E-state index contributed by atoms with van der Waals surface area (Å²) < 4.78 is 1.01. The van der Waals surface area contributed by atoms with Gasteiger partial charge in [0, 0.05) is 49.5 Å². The zero-order valence-corrected chi connectivity index (χ0v) is 14.5. The largest absolute Gasteiger partial charge is 0.340 e. The van der Waals surface area contributed by atoms with Crippen molar-refractivity contribution in [2.75, 3.05) is 36.4 Å². The lowest BCUT2D eigenvalue weighted by molar-refractivity contribution is -0.129. The molecule has 0 bridgehead atoms. The van der Waals surface area contributed by atoms with Crippen molar-refractivity contribution < 1.29 is 4.79 Å². The van der Waals surface area contributed by atoms with Crippen LogP contribution in [0.4, 0.5) is 17.5 Å². The molecule has 120 valence electrons. The summed E-state index contributed by atoms with van der Waals surface area (Å²) in [5.74, 6) is 1.56. The van der Waals surface area contributed by atoms with Crippen molar-refractivity contribution in [3.05, 3.63) is 41.0 Å². The molecule has 2 heterocycles. The van der Waals surface area contributed by atoms with Gasteiger partial charge >= 0.3 is 0 Å². The van der Waals surface area contributed by atoms with Gasteiger partial charge in [-0.1, -0.05) is 22.0 Å². The van der Waals surface area contributed by atoms with E-state index in [0.717, 1.165) is 29.1 Å². The monoisotopic (exact) mass is 375 g/mol. The number of halogens is 1. The van der Waals surface area contributed by atoms with Crippen molar-refractivity contribution in [1.82, 2.24) is 14.9 Å². The average Bonchev–Trinajstić information content (AvgIpc) is 2.55. The molecule has 1 saturated heterocycles. The predicted molar refractivity (Wildman–Crippen MR) is 93.9 cm³/mol. The lowest BCUT2D eigenvalue weighted by atomic mass is 10.3. The third-order valence-corrected chi connectivity index (χ3v) is 4.24. The van der Waals surface area contributed by atoms with E-state index in [1.165, 1.54) is 0 Å². The number of anilines is 3. The van der Waals surface area contributed by atoms with E-state index in [4.69, 9.17) is 0 Å². The van der Waals surface area contributed by atoms with E-state index in [2.05, 4.69) is 36.1 Å². The molecular weight excluding hydrogens is 358 g/mol. The van der Waals surface area contributed by atoms with Crippen molar-refractivity contribution in [3.63, 3.8) is 0 Å². The number of piperazine rings is 1. The van der Waals surface area contributed by atoms with Gasteiger partial charge in [0.25, 0.3) is 0 Å². The molecule has 1 fully saturated rings. The number of carbonyl (C=O) groups is 1. The van der Waals surface area contributed by atoms with Gasteiger partial charge in [0.1, 0.15) is 5.82 Å². The van der Waals surface area contributed by atoms with Crippen molar-refractivity contribution in [2.45, 2.75) is 6.92 Å². The van der Waals surface area contributed by atoms with Crippen LogP contribution in [-0.2, 0) is 4.79 Å². The molecular formula is C16H18BrN5O. The highest BCUT2D eigenvalue weighted by atomic mass is 79.9. The molecule has 1 aromatic carbocycles. The highest BCUT2D eigenvalue weighted by molar-refractivity contribution is 9.10. The summed E-state index contributed by atoms with van der Waals surface area (Å²) in [6, 6.07) is 9.77. The fourth-order valence-corrected chi connectivity index (χ4v) is 2.91. The van der Waals surface area contributed by atoms with Gasteiger partial charge in [-0.2, -0.15) is 4.98 Å². The first-order valence-electron chi connectivity index (χ1n) is 7.48. The number of aromatic nitrogens is 2. The van der Waals surface area contributed by atoms with Crippen LogP contribution in [0.15, 0.2) is 41.0 Å². The van der Waals surface area contributed by atoms with E-state index in [1.54, 1.807) is 13.1 Å². The van der Waals surface area contributed by atoms with Gasteiger partial charge in [0.2, 0.25) is 11.9 Å². The highest BCUT2D eigenvalue weighted by Crippen LogP contribution is 2.20. The maximum Gasteiger partial charge on any atom is 0.227 e. The Bertz CT molecular complexity index is 700. The first-order chi connectivity index (χ1) is 11.1. The van der Waals surface area contributed by atoms with Crippen LogP contribution in [-0.4, -0.2) is 47.0 Å². The minimum atomic E-state index is 0.121. The Morgan fingerprint density at radius 2 is 2.00 bits per heavy atom. The van der Waals surface area contributed by atoms with Crippen LogP contribution in [0.5, 0.6) is 0 Å². The molecule has 23 heavy (non-hydrogen) atoms. The maximum atomic E-state index is 11.4. The van der Waals surface area contributed by atoms with Crippen LogP contribution in [0.3, 0.4) is 0 Å². The first-order valence-corrected chi connectivity index (χ1v) is 8.27. The number of nitrogens with one attached hydrogen (secondary N) is 1. The van der Waals surface area contributed by atoms with Gasteiger partial charge in [0.05, 0.1) is 0 Å². The van der Waals surface area contributed by atoms with Gasteiger partial charge in [0.15, 0.2) is 0 Å². The molecule has 1 N–H and O–H groups in total. The molecule has 3 rings (SSSR count). The average molecular weight is 376 g/mol. The normalized spacial score (nSPS) is 14.7. The van der Waals surface area contributed by atoms with Gasteiger partial charge in [-0.3, -0.25) is 4.79 Å². The Labute approximate surface area is 143 Å². The van der Waals surface area contributed by atoms with Crippen molar-refractivity contribution >= 4 is 39.3 Å². The van der Waals surface area contributed by atoms with Gasteiger partial charge < -0.3 is 15.1 Å². The van der Waals surface area contributed by atoms with Crippen LogP contribution in [0, 0.1) is 0 Å². The Morgan fingerprint density at radius 1 is 1.22 bits per heavy atom. The van der Waals surface area contributed by atoms with E-state index < -0.39 is 0 Å². The third-order valence-electron chi connectivity index (χ3n) is 3.75. The molecule has 2 aromatic rings. The quantitative estimate of drug-likeness (QED) is 0.893. The summed E-state index contributed by atoms with van der Waals surface area (Å²) in [5.41, 5.74) is 0.963. The Balaban J connectivity index is 1.69. The molecule has 1 aliphatic rings. The van der Waals surface area contributed by atoms with Crippen LogP contribution in [0.25, 0.3) is 0 Å². The fraction of sp³-hybridized carbons (Fsp3) is 0.312. The Morgan fingerprint density at radius 3 is 2.70 bits per heavy atom. The summed E-state index contributed by atoms with van der Waals surface area (Å²) in [6.45, 7) is 4.53. The van der Waals surface area contributed by atoms with Crippen LogP contribution < -0.4 is 10.2 Å². The molecule has 1 aromatic heterocycles. The fourth-order valence-electron chi connectivity index (χ4n) is 2.51. The second-order valence-corrected chi connectivity index (χ2v) is 6.29. The molecule has 0 aliphatic carbocycles. The van der Waals surface area contributed by atoms with E-state index in [0.29, 0.717) is 19.0 Å². The number of carbonyl (C=O) groups excluding carboxylic acids is 1. The van der Waals surface area contributed by atoms with E-state index >= 15 is 0 Å². The highest BCUT2D eigenvalue weighted by Gasteiger charge is 2.20. The topological polar surface area (TPSA) is 61.4 Å². The molecule has 7 heteroatoms. The summed E-state index contributed by atoms with van der Waals surface area (Å²) in [6.07, 6.45) is 1.75. The van der Waals surface area contributed by atoms with E-state index in [9.17, 15) is 4.79 Å². The number of nitrogens with zero attached hydrogens (tertiary/aromatic N) is 4. The predicted octanol–water partition coefficient (Wildman–Crippen LogP) is 2.65. The second-order valence-electron chi connectivity index (χ2n) is 5.37. The van der Waals surface area contributed by atoms with Crippen molar-refractivity contribution in [1.29, 1.82) is 0 Å². The number of amides is 1. The smallest absolute Gasteiger partial charge is 0.227 e. The minimum Gasteiger partial charge on any atom is -0.340 e. The minimum absolute atomic E-state index is 0.121. The zero-order chi connectivity index (χ0) is 16.2. The Kier molecular flexibility index (Phi) is 4.76. The number of rotatable bonds is 3. The van der Waals surface area contributed by atoms with E-state index in [-0.39, 0.29) is 5.91 Å². The second kappa shape index (κ2) is 6.95. The number of benzene rings is 1. The lowest BCUT2D eigenvalue weighted by Crippen LogP contribution is -2.48. The van der Waals surface area contributed by atoms with Gasteiger partial charge in [-0.25, -0.2) is 4.98 Å². The summed E-state index contributed by atoms with van der Waals surface area (Å²) >= 11 is 3.46. The number of hydrogen-bond donors (Lipinski definition) is 1. The number of hydrogen-bond acceptors (Lipinski definition) is 5. The summed E-state index contributed by atoms with van der Waals surface area (Å²) in [5, 5.41) is 3.28. The molecule has 6 nitrogen and oxygen atoms in total. The molecule has 1 amide bonds. The van der Waals surface area contributed by atoms with Crippen LogP contribution in [0.1, 0.15) is 6.92 Å². The first kappa shape index (κ1) is 15.7. The Hall–Kier alpha value is -2.15. The molecule has 1 aliphatic heterocycles. The molecule has 0 unspecified atom stereocenters. The van der Waals surface area contributed by atoms with Gasteiger partial charge in [-0.05, 0) is 24.3 Å². The van der Waals surface area contributed by atoms with Crippen molar-refractivity contribution in [2.24, 2.45) is 0 Å². The van der Waals surface area contributed by atoms with Crippen LogP contribution >= 0.6 is 15.9 Å². The molecule has 0 radical (unpaired) electrons. The van der Waals surface area contributed by atoms with Crippen molar-refractivity contribution in [3.8, 4) is 0 Å². The SMILES string of the molecule is CC(=O)N1CCN(c2nccc(Nc3cccc(Br)c3)n2)CC1. The van der Waals surface area contributed by atoms with Gasteiger partial charge in [-0.15, -0.1) is 0 Å². The summed E-state index contributed by atoms with van der Waals surface area (Å²) in [4.78, 5) is 24.3. The molecule has 0 saturated carbocycles. The molecule has 0 atom stereocenters. The summed E-state index contributed by atoms with van der Waals surface area (Å²) in [7, 11) is 0. The van der Waals surface area contributed by atoms with Crippen LogP contribution in [0.2, 0.25) is 0 Å². The standard InChI is InChI=1S/C16H18BrN5O/c1-12(23)21-7-9-22(10-8-21)16-18-6-5-15(20-16)19-14-4-2-3-13(17)11-14/h2-6,11H,7-10H2,1H3,(H,18,19,20). The molecule has 0 spiro atoms.